The van der Waals surface area contributed by atoms with Crippen molar-refractivity contribution in [2.75, 3.05) is 12.0 Å². The molecule has 0 unspecified atom stereocenters. The standard InChI is InChI=1S/C11H12N4S/c1-16-6-8-3-2-4-9(5-8)10-13-7-14-11(12)15-10/h2-5,7H,6H2,1H3,(H2,12,13,14,15). The number of thioether (sulfide) groups is 1. The quantitative estimate of drug-likeness (QED) is 0.876. The minimum atomic E-state index is 0.250. The van der Waals surface area contributed by atoms with Gasteiger partial charge in [-0.25, -0.2) is 9.97 Å². The number of nitrogen functional groups attached to an aromatic ring is 1. The van der Waals surface area contributed by atoms with Crippen molar-refractivity contribution in [3.63, 3.8) is 0 Å². The topological polar surface area (TPSA) is 64.7 Å². The molecular formula is C11H12N4S. The Bertz CT molecular complexity index is 487. The predicted octanol–water partition coefficient (Wildman–Crippen LogP) is 1.98. The highest BCUT2D eigenvalue weighted by Gasteiger charge is 2.02. The lowest BCUT2D eigenvalue weighted by molar-refractivity contribution is 1.07. The highest BCUT2D eigenvalue weighted by Crippen LogP contribution is 2.18. The summed E-state index contributed by atoms with van der Waals surface area (Å²) in [5.41, 5.74) is 7.75. The molecule has 2 aromatic rings. The lowest BCUT2D eigenvalue weighted by atomic mass is 10.1. The Morgan fingerprint density at radius 2 is 2.19 bits per heavy atom. The van der Waals surface area contributed by atoms with Crippen molar-refractivity contribution < 1.29 is 0 Å². The molecule has 0 bridgehead atoms. The van der Waals surface area contributed by atoms with Crippen molar-refractivity contribution in [1.82, 2.24) is 15.0 Å². The smallest absolute Gasteiger partial charge is 0.223 e. The Hall–Kier alpha value is -1.62. The molecule has 0 aliphatic carbocycles. The molecule has 0 aliphatic rings. The van der Waals surface area contributed by atoms with Gasteiger partial charge in [0, 0.05) is 11.3 Å². The number of rotatable bonds is 3. The monoisotopic (exact) mass is 232 g/mol. The van der Waals surface area contributed by atoms with E-state index in [1.54, 1.807) is 11.8 Å². The average molecular weight is 232 g/mol. The van der Waals surface area contributed by atoms with Crippen LogP contribution in [0.5, 0.6) is 0 Å². The molecular weight excluding hydrogens is 220 g/mol. The zero-order valence-corrected chi connectivity index (χ0v) is 9.74. The Kier molecular flexibility index (Phi) is 3.36. The molecule has 2 N–H and O–H groups in total. The van der Waals surface area contributed by atoms with Crippen LogP contribution in [0, 0.1) is 0 Å². The van der Waals surface area contributed by atoms with Crippen LogP contribution in [0.4, 0.5) is 5.95 Å². The number of hydrogen-bond donors (Lipinski definition) is 1. The van der Waals surface area contributed by atoms with E-state index >= 15 is 0 Å². The summed E-state index contributed by atoms with van der Waals surface area (Å²) in [6, 6.07) is 8.13. The summed E-state index contributed by atoms with van der Waals surface area (Å²) in [7, 11) is 0. The molecule has 82 valence electrons. The maximum Gasteiger partial charge on any atom is 0.223 e. The van der Waals surface area contributed by atoms with E-state index < -0.39 is 0 Å². The van der Waals surface area contributed by atoms with Crippen molar-refractivity contribution in [2.45, 2.75) is 5.75 Å². The van der Waals surface area contributed by atoms with Crippen LogP contribution in [0.2, 0.25) is 0 Å². The van der Waals surface area contributed by atoms with Gasteiger partial charge in [-0.05, 0) is 17.9 Å². The van der Waals surface area contributed by atoms with Crippen molar-refractivity contribution in [1.29, 1.82) is 0 Å². The van der Waals surface area contributed by atoms with Gasteiger partial charge in [-0.15, -0.1) is 0 Å². The Labute approximate surface area is 98.3 Å². The maximum atomic E-state index is 5.53. The van der Waals surface area contributed by atoms with E-state index in [4.69, 9.17) is 5.73 Å². The fourth-order valence-corrected chi connectivity index (χ4v) is 1.93. The second-order valence-corrected chi connectivity index (χ2v) is 4.17. The van der Waals surface area contributed by atoms with Gasteiger partial charge >= 0.3 is 0 Å². The van der Waals surface area contributed by atoms with Gasteiger partial charge in [0.15, 0.2) is 5.82 Å². The minimum absolute atomic E-state index is 0.250. The third kappa shape index (κ3) is 2.49. The van der Waals surface area contributed by atoms with E-state index in [0.29, 0.717) is 5.82 Å². The van der Waals surface area contributed by atoms with Gasteiger partial charge < -0.3 is 5.73 Å². The molecule has 0 amide bonds. The largest absolute Gasteiger partial charge is 0.368 e. The average Bonchev–Trinajstić information content (AvgIpc) is 2.30. The van der Waals surface area contributed by atoms with Gasteiger partial charge in [-0.3, -0.25) is 0 Å². The molecule has 0 aliphatic heterocycles. The third-order valence-electron chi connectivity index (χ3n) is 2.09. The number of benzene rings is 1. The Balaban J connectivity index is 2.36. The van der Waals surface area contributed by atoms with E-state index in [1.807, 2.05) is 12.1 Å². The van der Waals surface area contributed by atoms with Crippen LogP contribution in [-0.2, 0) is 5.75 Å². The first-order chi connectivity index (χ1) is 7.79. The molecule has 0 saturated carbocycles. The second-order valence-electron chi connectivity index (χ2n) is 3.30. The van der Waals surface area contributed by atoms with Crippen LogP contribution in [0.25, 0.3) is 11.4 Å². The van der Waals surface area contributed by atoms with Gasteiger partial charge in [0.2, 0.25) is 5.95 Å². The summed E-state index contributed by atoms with van der Waals surface area (Å²) in [5.74, 6) is 1.85. The molecule has 1 aromatic heterocycles. The number of nitrogens with zero attached hydrogens (tertiary/aromatic N) is 3. The molecule has 0 fully saturated rings. The molecule has 4 nitrogen and oxygen atoms in total. The first-order valence-electron chi connectivity index (χ1n) is 4.82. The SMILES string of the molecule is CSCc1cccc(-c2ncnc(N)n2)c1. The lowest BCUT2D eigenvalue weighted by Gasteiger charge is -2.03. The third-order valence-corrected chi connectivity index (χ3v) is 2.71. The van der Waals surface area contributed by atoms with Gasteiger partial charge in [0.05, 0.1) is 0 Å². The molecule has 5 heteroatoms. The van der Waals surface area contributed by atoms with Gasteiger partial charge in [-0.2, -0.15) is 16.7 Å². The fraction of sp³-hybridized carbons (Fsp3) is 0.182. The van der Waals surface area contributed by atoms with Crippen molar-refractivity contribution in [2.24, 2.45) is 0 Å². The van der Waals surface area contributed by atoms with E-state index in [0.717, 1.165) is 11.3 Å². The number of hydrogen-bond acceptors (Lipinski definition) is 5. The first kappa shape index (κ1) is 10.9. The molecule has 2 rings (SSSR count). The van der Waals surface area contributed by atoms with Gasteiger partial charge in [-0.1, -0.05) is 18.2 Å². The van der Waals surface area contributed by atoms with E-state index in [9.17, 15) is 0 Å². The van der Waals surface area contributed by atoms with Crippen LogP contribution in [0.15, 0.2) is 30.6 Å². The van der Waals surface area contributed by atoms with E-state index in [1.165, 1.54) is 11.9 Å². The minimum Gasteiger partial charge on any atom is -0.368 e. The van der Waals surface area contributed by atoms with Crippen molar-refractivity contribution in [3.05, 3.63) is 36.2 Å². The predicted molar refractivity (Wildman–Crippen MR) is 66.9 cm³/mol. The fourth-order valence-electron chi connectivity index (χ4n) is 1.41. The second kappa shape index (κ2) is 4.94. The summed E-state index contributed by atoms with van der Waals surface area (Å²) >= 11 is 1.78. The van der Waals surface area contributed by atoms with Crippen LogP contribution in [0.1, 0.15) is 5.56 Å². The molecule has 1 aromatic carbocycles. The molecule has 16 heavy (non-hydrogen) atoms. The number of anilines is 1. The van der Waals surface area contributed by atoms with Gasteiger partial charge in [0.25, 0.3) is 0 Å². The lowest BCUT2D eigenvalue weighted by Crippen LogP contribution is -1.98. The Morgan fingerprint density at radius 3 is 2.94 bits per heavy atom. The molecule has 0 atom stereocenters. The Morgan fingerprint density at radius 1 is 1.31 bits per heavy atom. The highest BCUT2D eigenvalue weighted by molar-refractivity contribution is 7.97. The van der Waals surface area contributed by atoms with Crippen LogP contribution in [0.3, 0.4) is 0 Å². The van der Waals surface area contributed by atoms with Crippen LogP contribution in [-0.4, -0.2) is 21.2 Å². The van der Waals surface area contributed by atoms with Crippen molar-refractivity contribution in [3.8, 4) is 11.4 Å². The summed E-state index contributed by atoms with van der Waals surface area (Å²) in [6.07, 6.45) is 3.51. The van der Waals surface area contributed by atoms with Gasteiger partial charge in [0.1, 0.15) is 6.33 Å². The van der Waals surface area contributed by atoms with Crippen molar-refractivity contribution >= 4 is 17.7 Å². The summed E-state index contributed by atoms with van der Waals surface area (Å²) in [4.78, 5) is 12.0. The highest BCUT2D eigenvalue weighted by atomic mass is 32.2. The maximum absolute atomic E-state index is 5.53. The molecule has 0 saturated heterocycles. The zero-order chi connectivity index (χ0) is 11.4. The molecule has 1 heterocycles. The zero-order valence-electron chi connectivity index (χ0n) is 8.92. The van der Waals surface area contributed by atoms with E-state index in [-0.39, 0.29) is 5.95 Å². The first-order valence-corrected chi connectivity index (χ1v) is 6.22. The summed E-state index contributed by atoms with van der Waals surface area (Å²) in [5, 5.41) is 0. The summed E-state index contributed by atoms with van der Waals surface area (Å²) < 4.78 is 0. The summed E-state index contributed by atoms with van der Waals surface area (Å²) in [6.45, 7) is 0. The molecule has 0 radical (unpaired) electrons. The number of aromatic nitrogens is 3. The van der Waals surface area contributed by atoms with Crippen LogP contribution >= 0.6 is 11.8 Å². The molecule has 0 spiro atoms. The normalized spacial score (nSPS) is 10.3. The van der Waals surface area contributed by atoms with Crippen LogP contribution < -0.4 is 5.73 Å². The number of nitrogens with two attached hydrogens (primary N) is 1. The van der Waals surface area contributed by atoms with E-state index in [2.05, 4.69) is 33.3 Å².